The molecule has 0 spiro atoms. The van der Waals surface area contributed by atoms with Crippen molar-refractivity contribution in [2.75, 3.05) is 6.54 Å². The van der Waals surface area contributed by atoms with Crippen LogP contribution in [0.5, 0.6) is 0 Å². The van der Waals surface area contributed by atoms with Crippen molar-refractivity contribution in [3.05, 3.63) is 60.6 Å². The van der Waals surface area contributed by atoms with Crippen LogP contribution in [-0.4, -0.2) is 16.5 Å². The van der Waals surface area contributed by atoms with Crippen molar-refractivity contribution in [3.8, 4) is 11.3 Å². The first-order chi connectivity index (χ1) is 11.8. The van der Waals surface area contributed by atoms with E-state index in [0.717, 1.165) is 36.5 Å². The van der Waals surface area contributed by atoms with E-state index in [4.69, 9.17) is 10.7 Å². The molecule has 1 heterocycles. The number of hydrogen-bond acceptors (Lipinski definition) is 3. The monoisotopic (exact) mass is 317 g/mol. The van der Waals surface area contributed by atoms with Crippen LogP contribution >= 0.6 is 0 Å². The van der Waals surface area contributed by atoms with E-state index < -0.39 is 0 Å². The summed E-state index contributed by atoms with van der Waals surface area (Å²) in [6.07, 6.45) is 6.61. The fraction of sp³-hybridized carbons (Fsp3) is 0.333. The van der Waals surface area contributed by atoms with Crippen molar-refractivity contribution in [3.63, 3.8) is 0 Å². The SMILES string of the molecule is NC[C@H]1CC[C@H](c2nccc(-c3ccc4ccccc4c3)n2)CC1. The van der Waals surface area contributed by atoms with Gasteiger partial charge in [0.15, 0.2) is 0 Å². The molecule has 0 amide bonds. The zero-order chi connectivity index (χ0) is 16.4. The van der Waals surface area contributed by atoms with Gasteiger partial charge in [-0.15, -0.1) is 0 Å². The van der Waals surface area contributed by atoms with Gasteiger partial charge in [0.2, 0.25) is 0 Å². The van der Waals surface area contributed by atoms with Crippen LogP contribution in [0.3, 0.4) is 0 Å². The van der Waals surface area contributed by atoms with Crippen LogP contribution in [0.1, 0.15) is 37.4 Å². The minimum Gasteiger partial charge on any atom is -0.330 e. The van der Waals surface area contributed by atoms with Gasteiger partial charge >= 0.3 is 0 Å². The van der Waals surface area contributed by atoms with Gasteiger partial charge in [0.25, 0.3) is 0 Å². The summed E-state index contributed by atoms with van der Waals surface area (Å²) in [7, 11) is 0. The lowest BCUT2D eigenvalue weighted by molar-refractivity contribution is 0.325. The van der Waals surface area contributed by atoms with Crippen molar-refractivity contribution in [2.24, 2.45) is 11.7 Å². The van der Waals surface area contributed by atoms with E-state index in [1.807, 2.05) is 12.3 Å². The third kappa shape index (κ3) is 3.04. The van der Waals surface area contributed by atoms with Gasteiger partial charge < -0.3 is 5.73 Å². The average molecular weight is 317 g/mol. The number of fused-ring (bicyclic) bond motifs is 1. The highest BCUT2D eigenvalue weighted by atomic mass is 14.9. The molecule has 0 aliphatic heterocycles. The second-order valence-electron chi connectivity index (χ2n) is 6.82. The molecule has 3 nitrogen and oxygen atoms in total. The predicted octanol–water partition coefficient (Wildman–Crippen LogP) is 4.53. The van der Waals surface area contributed by atoms with Crippen molar-refractivity contribution in [1.29, 1.82) is 0 Å². The Labute approximate surface area is 142 Å². The molecular weight excluding hydrogens is 294 g/mol. The maximum absolute atomic E-state index is 5.80. The molecule has 1 aliphatic rings. The molecule has 24 heavy (non-hydrogen) atoms. The van der Waals surface area contributed by atoms with E-state index in [2.05, 4.69) is 47.4 Å². The van der Waals surface area contributed by atoms with Crippen LogP contribution < -0.4 is 5.73 Å². The first-order valence-corrected chi connectivity index (χ1v) is 8.85. The lowest BCUT2D eigenvalue weighted by Gasteiger charge is -2.26. The maximum Gasteiger partial charge on any atom is 0.132 e. The molecule has 1 saturated carbocycles. The van der Waals surface area contributed by atoms with Gasteiger partial charge in [-0.3, -0.25) is 0 Å². The predicted molar refractivity (Wildman–Crippen MR) is 98.7 cm³/mol. The Kier molecular flexibility index (Phi) is 4.26. The van der Waals surface area contributed by atoms with Crippen LogP contribution in [0.2, 0.25) is 0 Å². The van der Waals surface area contributed by atoms with Gasteiger partial charge in [0.05, 0.1) is 5.69 Å². The Morgan fingerprint density at radius 2 is 1.71 bits per heavy atom. The molecule has 0 saturated heterocycles. The third-order valence-electron chi connectivity index (χ3n) is 5.26. The lowest BCUT2D eigenvalue weighted by atomic mass is 9.81. The normalized spacial score (nSPS) is 21.0. The second kappa shape index (κ2) is 6.70. The summed E-state index contributed by atoms with van der Waals surface area (Å²) >= 11 is 0. The largest absolute Gasteiger partial charge is 0.330 e. The molecule has 1 fully saturated rings. The maximum atomic E-state index is 5.80. The average Bonchev–Trinajstić information content (AvgIpc) is 2.68. The quantitative estimate of drug-likeness (QED) is 0.772. The summed E-state index contributed by atoms with van der Waals surface area (Å²) in [6, 6.07) is 17.0. The number of nitrogens with zero attached hydrogens (tertiary/aromatic N) is 2. The Morgan fingerprint density at radius 1 is 0.917 bits per heavy atom. The molecule has 1 aliphatic carbocycles. The van der Waals surface area contributed by atoms with Gasteiger partial charge in [0, 0.05) is 17.7 Å². The Hall–Kier alpha value is -2.26. The summed E-state index contributed by atoms with van der Waals surface area (Å²) in [5.74, 6) is 2.16. The van der Waals surface area contributed by atoms with Gasteiger partial charge in [-0.25, -0.2) is 9.97 Å². The van der Waals surface area contributed by atoms with E-state index >= 15 is 0 Å². The second-order valence-corrected chi connectivity index (χ2v) is 6.82. The molecule has 0 radical (unpaired) electrons. The molecule has 3 heteroatoms. The van der Waals surface area contributed by atoms with E-state index in [0.29, 0.717) is 11.8 Å². The molecule has 0 unspecified atom stereocenters. The van der Waals surface area contributed by atoms with Crippen LogP contribution in [-0.2, 0) is 0 Å². The first-order valence-electron chi connectivity index (χ1n) is 8.85. The zero-order valence-electron chi connectivity index (χ0n) is 13.9. The number of hydrogen-bond donors (Lipinski definition) is 1. The Bertz CT molecular complexity index is 835. The molecule has 1 aromatic heterocycles. The van der Waals surface area contributed by atoms with Crippen molar-refractivity contribution in [1.82, 2.24) is 9.97 Å². The fourth-order valence-electron chi connectivity index (χ4n) is 3.74. The number of nitrogens with two attached hydrogens (primary N) is 1. The van der Waals surface area contributed by atoms with E-state index in [1.165, 1.54) is 23.6 Å². The lowest BCUT2D eigenvalue weighted by Crippen LogP contribution is -2.21. The minimum atomic E-state index is 0.480. The molecule has 0 bridgehead atoms. The van der Waals surface area contributed by atoms with Crippen LogP contribution in [0.25, 0.3) is 22.0 Å². The summed E-state index contributed by atoms with van der Waals surface area (Å²) < 4.78 is 0. The van der Waals surface area contributed by atoms with Crippen molar-refractivity contribution in [2.45, 2.75) is 31.6 Å². The minimum absolute atomic E-state index is 0.480. The number of rotatable bonds is 3. The highest BCUT2D eigenvalue weighted by molar-refractivity contribution is 5.86. The molecule has 0 atom stereocenters. The first kappa shape index (κ1) is 15.3. The van der Waals surface area contributed by atoms with Gasteiger partial charge in [-0.05, 0) is 61.1 Å². The molecule has 2 N–H and O–H groups in total. The highest BCUT2D eigenvalue weighted by Crippen LogP contribution is 2.34. The van der Waals surface area contributed by atoms with E-state index in [1.54, 1.807) is 0 Å². The van der Waals surface area contributed by atoms with Gasteiger partial charge in [-0.2, -0.15) is 0 Å². The highest BCUT2D eigenvalue weighted by Gasteiger charge is 2.23. The van der Waals surface area contributed by atoms with Gasteiger partial charge in [-0.1, -0.05) is 36.4 Å². The van der Waals surface area contributed by atoms with E-state index in [9.17, 15) is 0 Å². The molecule has 122 valence electrons. The Balaban J connectivity index is 1.62. The van der Waals surface area contributed by atoms with Gasteiger partial charge in [0.1, 0.15) is 5.82 Å². The third-order valence-corrected chi connectivity index (χ3v) is 5.26. The van der Waals surface area contributed by atoms with Crippen molar-refractivity contribution >= 4 is 10.8 Å². The summed E-state index contributed by atoms with van der Waals surface area (Å²) in [6.45, 7) is 0.810. The van der Waals surface area contributed by atoms with Crippen molar-refractivity contribution < 1.29 is 0 Å². The molecule has 2 aromatic carbocycles. The number of aromatic nitrogens is 2. The van der Waals surface area contributed by atoms with E-state index in [-0.39, 0.29) is 0 Å². The summed E-state index contributed by atoms with van der Waals surface area (Å²) in [5.41, 5.74) is 7.98. The Morgan fingerprint density at radius 3 is 2.50 bits per heavy atom. The van der Waals surface area contributed by atoms with Crippen LogP contribution in [0.15, 0.2) is 54.7 Å². The summed E-state index contributed by atoms with van der Waals surface area (Å²) in [5, 5.41) is 2.51. The zero-order valence-corrected chi connectivity index (χ0v) is 13.9. The molecule has 4 rings (SSSR count). The smallest absolute Gasteiger partial charge is 0.132 e. The number of benzene rings is 2. The molecular formula is C21H23N3. The van der Waals surface area contributed by atoms with Crippen LogP contribution in [0.4, 0.5) is 0 Å². The summed E-state index contributed by atoms with van der Waals surface area (Å²) in [4.78, 5) is 9.44. The van der Waals surface area contributed by atoms with Crippen LogP contribution in [0, 0.1) is 5.92 Å². The molecule has 3 aromatic rings. The standard InChI is InChI=1S/C21H23N3/c22-14-15-5-7-17(8-6-15)21-23-12-11-20(24-21)19-10-9-16-3-1-2-4-18(16)13-19/h1-4,9-13,15,17H,5-8,14,22H2/t15-,17-. The topological polar surface area (TPSA) is 51.8 Å². The fourth-order valence-corrected chi connectivity index (χ4v) is 3.74.